The van der Waals surface area contributed by atoms with E-state index in [1.807, 2.05) is 0 Å². The minimum atomic E-state index is 0.782. The minimum absolute atomic E-state index is 0.782. The summed E-state index contributed by atoms with van der Waals surface area (Å²) < 4.78 is 1.17. The second-order valence-corrected chi connectivity index (χ2v) is 6.38. The smallest absolute Gasteiger partial charge is 0.0367 e. The highest BCUT2D eigenvalue weighted by atomic mass is 79.9. The van der Waals surface area contributed by atoms with Crippen molar-refractivity contribution in [3.05, 3.63) is 28.7 Å². The first kappa shape index (κ1) is 12.5. The lowest BCUT2D eigenvalue weighted by atomic mass is 10.0. The number of rotatable bonds is 2. The zero-order valence-electron chi connectivity index (χ0n) is 10.8. The fourth-order valence-corrected chi connectivity index (χ4v) is 3.51. The number of halogens is 1. The van der Waals surface area contributed by atoms with Gasteiger partial charge in [0.05, 0.1) is 0 Å². The van der Waals surface area contributed by atoms with Gasteiger partial charge in [-0.05, 0) is 63.0 Å². The van der Waals surface area contributed by atoms with E-state index in [0.717, 1.165) is 6.04 Å². The van der Waals surface area contributed by atoms with Crippen LogP contribution in [0.5, 0.6) is 0 Å². The van der Waals surface area contributed by atoms with E-state index in [0.29, 0.717) is 0 Å². The molecule has 0 N–H and O–H groups in total. The standard InChI is InChI=1S/C15H21BrN2/c16-13-5-7-14(8-6-13)18-11-3-4-15(12-18)17-9-1-2-10-17/h5-8,15H,1-4,9-12H2. The molecule has 0 radical (unpaired) electrons. The molecule has 2 saturated heterocycles. The van der Waals surface area contributed by atoms with Gasteiger partial charge in [-0.25, -0.2) is 0 Å². The molecule has 2 fully saturated rings. The Kier molecular flexibility index (Phi) is 3.90. The first-order valence-corrected chi connectivity index (χ1v) is 7.87. The van der Waals surface area contributed by atoms with Gasteiger partial charge in [0.2, 0.25) is 0 Å². The van der Waals surface area contributed by atoms with E-state index in [1.54, 1.807) is 0 Å². The van der Waals surface area contributed by atoms with E-state index in [-0.39, 0.29) is 0 Å². The first-order chi connectivity index (χ1) is 8.83. The third-order valence-electron chi connectivity index (χ3n) is 4.25. The van der Waals surface area contributed by atoms with E-state index in [4.69, 9.17) is 0 Å². The summed E-state index contributed by atoms with van der Waals surface area (Å²) in [5, 5.41) is 0. The molecule has 1 aromatic rings. The lowest BCUT2D eigenvalue weighted by Gasteiger charge is -2.38. The Morgan fingerprint density at radius 3 is 2.39 bits per heavy atom. The van der Waals surface area contributed by atoms with Crippen LogP contribution in [0.1, 0.15) is 25.7 Å². The minimum Gasteiger partial charge on any atom is -0.370 e. The molecule has 0 amide bonds. The van der Waals surface area contributed by atoms with Crippen LogP contribution in [-0.4, -0.2) is 37.1 Å². The summed E-state index contributed by atoms with van der Waals surface area (Å²) in [7, 11) is 0. The third kappa shape index (κ3) is 2.72. The van der Waals surface area contributed by atoms with Crippen LogP contribution in [0.3, 0.4) is 0 Å². The zero-order valence-corrected chi connectivity index (χ0v) is 12.4. The number of likely N-dealkylation sites (tertiary alicyclic amines) is 1. The molecule has 2 aliphatic rings. The van der Waals surface area contributed by atoms with Crippen LogP contribution in [0, 0.1) is 0 Å². The zero-order chi connectivity index (χ0) is 12.4. The molecule has 98 valence electrons. The van der Waals surface area contributed by atoms with Crippen molar-refractivity contribution in [1.82, 2.24) is 4.90 Å². The molecule has 2 heterocycles. The molecule has 2 aliphatic heterocycles. The summed E-state index contributed by atoms with van der Waals surface area (Å²) in [6.07, 6.45) is 5.51. The molecular formula is C15H21BrN2. The summed E-state index contributed by atoms with van der Waals surface area (Å²) in [5.41, 5.74) is 1.38. The number of benzene rings is 1. The van der Waals surface area contributed by atoms with Gasteiger partial charge in [0.1, 0.15) is 0 Å². The topological polar surface area (TPSA) is 6.48 Å². The van der Waals surface area contributed by atoms with Crippen LogP contribution in [0.2, 0.25) is 0 Å². The van der Waals surface area contributed by atoms with Gasteiger partial charge in [0.15, 0.2) is 0 Å². The molecule has 18 heavy (non-hydrogen) atoms. The average Bonchev–Trinajstić information content (AvgIpc) is 2.94. The normalized spacial score (nSPS) is 25.6. The molecule has 0 spiro atoms. The maximum atomic E-state index is 3.51. The fraction of sp³-hybridized carbons (Fsp3) is 0.600. The molecule has 1 unspecified atom stereocenters. The van der Waals surface area contributed by atoms with Crippen LogP contribution in [0.15, 0.2) is 28.7 Å². The summed E-state index contributed by atoms with van der Waals surface area (Å²) in [6.45, 7) is 5.06. The predicted octanol–water partition coefficient (Wildman–Crippen LogP) is 3.51. The number of hydrogen-bond acceptors (Lipinski definition) is 2. The third-order valence-corrected chi connectivity index (χ3v) is 4.77. The monoisotopic (exact) mass is 308 g/mol. The highest BCUT2D eigenvalue weighted by Crippen LogP contribution is 2.25. The van der Waals surface area contributed by atoms with Gasteiger partial charge in [0, 0.05) is 29.3 Å². The summed E-state index contributed by atoms with van der Waals surface area (Å²) in [4.78, 5) is 5.25. The Bertz CT molecular complexity index is 384. The molecule has 0 aliphatic carbocycles. The largest absolute Gasteiger partial charge is 0.370 e. The number of nitrogens with zero attached hydrogens (tertiary/aromatic N) is 2. The van der Waals surface area contributed by atoms with Crippen LogP contribution in [0.25, 0.3) is 0 Å². The van der Waals surface area contributed by atoms with E-state index >= 15 is 0 Å². The Hall–Kier alpha value is -0.540. The van der Waals surface area contributed by atoms with Gasteiger partial charge in [-0.2, -0.15) is 0 Å². The van der Waals surface area contributed by atoms with Gasteiger partial charge in [-0.1, -0.05) is 15.9 Å². The molecule has 1 atom stereocenters. The Balaban J connectivity index is 1.67. The lowest BCUT2D eigenvalue weighted by Crippen LogP contribution is -2.47. The van der Waals surface area contributed by atoms with Crippen molar-refractivity contribution in [3.63, 3.8) is 0 Å². The second kappa shape index (κ2) is 5.62. The van der Waals surface area contributed by atoms with Crippen molar-refractivity contribution in [2.75, 3.05) is 31.1 Å². The molecule has 1 aromatic carbocycles. The molecule has 3 heteroatoms. The van der Waals surface area contributed by atoms with Gasteiger partial charge >= 0.3 is 0 Å². The van der Waals surface area contributed by atoms with Gasteiger partial charge in [-0.15, -0.1) is 0 Å². The van der Waals surface area contributed by atoms with Crippen LogP contribution in [-0.2, 0) is 0 Å². The Labute approximate surface area is 118 Å². The number of hydrogen-bond donors (Lipinski definition) is 0. The molecule has 0 aromatic heterocycles. The summed E-state index contributed by atoms with van der Waals surface area (Å²) >= 11 is 3.51. The maximum Gasteiger partial charge on any atom is 0.0367 e. The van der Waals surface area contributed by atoms with Crippen molar-refractivity contribution >= 4 is 21.6 Å². The van der Waals surface area contributed by atoms with Gasteiger partial charge in [0.25, 0.3) is 0 Å². The molecule has 3 rings (SSSR count). The van der Waals surface area contributed by atoms with Crippen LogP contribution < -0.4 is 4.90 Å². The van der Waals surface area contributed by atoms with E-state index in [1.165, 1.54) is 62.0 Å². The predicted molar refractivity (Wildman–Crippen MR) is 80.2 cm³/mol. The molecule has 0 saturated carbocycles. The van der Waals surface area contributed by atoms with Crippen molar-refractivity contribution in [1.29, 1.82) is 0 Å². The van der Waals surface area contributed by atoms with E-state index in [9.17, 15) is 0 Å². The van der Waals surface area contributed by atoms with Crippen molar-refractivity contribution in [2.24, 2.45) is 0 Å². The van der Waals surface area contributed by atoms with Gasteiger partial charge in [-0.3, -0.25) is 4.90 Å². The highest BCUT2D eigenvalue weighted by Gasteiger charge is 2.27. The first-order valence-electron chi connectivity index (χ1n) is 7.07. The number of piperidine rings is 1. The average molecular weight is 309 g/mol. The summed E-state index contributed by atoms with van der Waals surface area (Å²) in [5.74, 6) is 0. The quantitative estimate of drug-likeness (QED) is 0.825. The van der Waals surface area contributed by atoms with Crippen molar-refractivity contribution in [2.45, 2.75) is 31.7 Å². The van der Waals surface area contributed by atoms with Gasteiger partial charge < -0.3 is 4.90 Å². The Morgan fingerprint density at radius 1 is 0.944 bits per heavy atom. The molecule has 2 nitrogen and oxygen atoms in total. The Morgan fingerprint density at radius 2 is 1.67 bits per heavy atom. The summed E-state index contributed by atoms with van der Waals surface area (Å²) in [6, 6.07) is 9.54. The van der Waals surface area contributed by atoms with Crippen LogP contribution in [0.4, 0.5) is 5.69 Å². The number of anilines is 1. The second-order valence-electron chi connectivity index (χ2n) is 5.46. The highest BCUT2D eigenvalue weighted by molar-refractivity contribution is 9.10. The van der Waals surface area contributed by atoms with E-state index in [2.05, 4.69) is 50.0 Å². The van der Waals surface area contributed by atoms with Crippen molar-refractivity contribution < 1.29 is 0 Å². The van der Waals surface area contributed by atoms with Crippen molar-refractivity contribution in [3.8, 4) is 0 Å². The maximum absolute atomic E-state index is 3.51. The molecular weight excluding hydrogens is 288 g/mol. The van der Waals surface area contributed by atoms with E-state index < -0.39 is 0 Å². The lowest BCUT2D eigenvalue weighted by molar-refractivity contribution is 0.215. The molecule has 0 bridgehead atoms. The van der Waals surface area contributed by atoms with Crippen LogP contribution >= 0.6 is 15.9 Å². The SMILES string of the molecule is Brc1ccc(N2CCCC(N3CCCC3)C2)cc1. The fourth-order valence-electron chi connectivity index (χ4n) is 3.25.